The number of nitrogens with zero attached hydrogens (tertiary/aromatic N) is 2. The molecular formula is C18H26N2O. The van der Waals surface area contributed by atoms with Crippen molar-refractivity contribution in [1.29, 1.82) is 0 Å². The molecule has 0 saturated carbocycles. The highest BCUT2D eigenvalue weighted by Crippen LogP contribution is 2.21. The maximum absolute atomic E-state index is 12.4. The zero-order valence-corrected chi connectivity index (χ0v) is 12.8. The van der Waals surface area contributed by atoms with Crippen molar-refractivity contribution >= 4 is 5.91 Å². The second kappa shape index (κ2) is 7.08. The van der Waals surface area contributed by atoms with Gasteiger partial charge in [0.1, 0.15) is 0 Å². The largest absolute Gasteiger partial charge is 0.342 e. The van der Waals surface area contributed by atoms with Crippen LogP contribution in [-0.4, -0.2) is 47.9 Å². The molecule has 2 heterocycles. The predicted octanol–water partition coefficient (Wildman–Crippen LogP) is 2.71. The first-order valence-corrected chi connectivity index (χ1v) is 8.39. The quantitative estimate of drug-likeness (QED) is 0.849. The average Bonchev–Trinajstić information content (AvgIpc) is 2.96. The zero-order valence-electron chi connectivity index (χ0n) is 12.8. The van der Waals surface area contributed by atoms with Crippen molar-refractivity contribution in [3.8, 4) is 0 Å². The SMILES string of the molecule is O=C(CN1CCC[C@H]1Cc1ccccc1)N1CCCCC1. The molecule has 2 saturated heterocycles. The molecule has 3 rings (SSSR count). The molecule has 0 aromatic heterocycles. The Labute approximate surface area is 127 Å². The standard InChI is InChI=1S/C18H26N2O/c21-18(19-11-5-2-6-12-19)15-20-13-7-10-17(20)14-16-8-3-1-4-9-16/h1,3-4,8-9,17H,2,5-7,10-15H2/t17-/m0/s1. The van der Waals surface area contributed by atoms with E-state index < -0.39 is 0 Å². The lowest BCUT2D eigenvalue weighted by Gasteiger charge is -2.30. The molecule has 0 unspecified atom stereocenters. The highest BCUT2D eigenvalue weighted by Gasteiger charge is 2.28. The molecule has 2 aliphatic heterocycles. The first-order valence-electron chi connectivity index (χ1n) is 8.39. The van der Waals surface area contributed by atoms with Crippen molar-refractivity contribution < 1.29 is 4.79 Å². The van der Waals surface area contributed by atoms with Gasteiger partial charge in [0.2, 0.25) is 5.91 Å². The van der Waals surface area contributed by atoms with E-state index in [1.807, 2.05) is 0 Å². The maximum Gasteiger partial charge on any atom is 0.236 e. The summed E-state index contributed by atoms with van der Waals surface area (Å²) in [6.07, 6.45) is 7.17. The minimum Gasteiger partial charge on any atom is -0.342 e. The molecule has 0 spiro atoms. The number of carbonyl (C=O) groups excluding carboxylic acids is 1. The summed E-state index contributed by atoms with van der Waals surface area (Å²) in [5.74, 6) is 0.342. The van der Waals surface area contributed by atoms with E-state index in [4.69, 9.17) is 0 Å². The van der Waals surface area contributed by atoms with Crippen molar-refractivity contribution in [2.45, 2.75) is 44.6 Å². The Morgan fingerprint density at radius 1 is 1.00 bits per heavy atom. The van der Waals surface area contributed by atoms with Crippen LogP contribution in [0.5, 0.6) is 0 Å². The lowest BCUT2D eigenvalue weighted by atomic mass is 10.0. The molecule has 114 valence electrons. The van der Waals surface area contributed by atoms with Gasteiger partial charge in [0.15, 0.2) is 0 Å². The third kappa shape index (κ3) is 3.85. The first kappa shape index (κ1) is 14.6. The van der Waals surface area contributed by atoms with Crippen LogP contribution in [0.4, 0.5) is 0 Å². The Hall–Kier alpha value is -1.35. The normalized spacial score (nSPS) is 23.4. The van der Waals surface area contributed by atoms with Gasteiger partial charge >= 0.3 is 0 Å². The highest BCUT2D eigenvalue weighted by atomic mass is 16.2. The Kier molecular flexibility index (Phi) is 4.91. The number of amides is 1. The van der Waals surface area contributed by atoms with Crippen LogP contribution in [-0.2, 0) is 11.2 Å². The molecule has 3 heteroatoms. The average molecular weight is 286 g/mol. The van der Waals surface area contributed by atoms with Crippen molar-refractivity contribution in [2.24, 2.45) is 0 Å². The van der Waals surface area contributed by atoms with Crippen LogP contribution in [0.25, 0.3) is 0 Å². The summed E-state index contributed by atoms with van der Waals surface area (Å²) in [5.41, 5.74) is 1.39. The number of rotatable bonds is 4. The number of benzene rings is 1. The van der Waals surface area contributed by atoms with Gasteiger partial charge < -0.3 is 4.90 Å². The number of carbonyl (C=O) groups is 1. The van der Waals surface area contributed by atoms with Gasteiger partial charge in [-0.1, -0.05) is 30.3 Å². The summed E-state index contributed by atoms with van der Waals surface area (Å²) in [4.78, 5) is 16.9. The first-order chi connectivity index (χ1) is 10.3. The van der Waals surface area contributed by atoms with Crippen molar-refractivity contribution in [1.82, 2.24) is 9.80 Å². The van der Waals surface area contributed by atoms with Crippen LogP contribution in [0, 0.1) is 0 Å². The van der Waals surface area contributed by atoms with Gasteiger partial charge in [-0.3, -0.25) is 9.69 Å². The van der Waals surface area contributed by atoms with E-state index in [0.717, 1.165) is 26.1 Å². The van der Waals surface area contributed by atoms with E-state index in [2.05, 4.69) is 40.1 Å². The number of hydrogen-bond acceptors (Lipinski definition) is 2. The van der Waals surface area contributed by atoms with Crippen LogP contribution >= 0.6 is 0 Å². The van der Waals surface area contributed by atoms with E-state index in [-0.39, 0.29) is 0 Å². The summed E-state index contributed by atoms with van der Waals surface area (Å²) in [6.45, 7) is 3.64. The number of hydrogen-bond donors (Lipinski definition) is 0. The third-order valence-corrected chi connectivity index (χ3v) is 4.86. The molecule has 2 aliphatic rings. The minimum atomic E-state index is 0.342. The molecule has 1 amide bonds. The Morgan fingerprint density at radius 2 is 1.76 bits per heavy atom. The van der Waals surface area contributed by atoms with Gasteiger partial charge in [0, 0.05) is 19.1 Å². The fourth-order valence-electron chi connectivity index (χ4n) is 3.64. The van der Waals surface area contributed by atoms with Crippen molar-refractivity contribution in [2.75, 3.05) is 26.2 Å². The van der Waals surface area contributed by atoms with Gasteiger partial charge in [0.25, 0.3) is 0 Å². The molecule has 0 radical (unpaired) electrons. The molecule has 3 nitrogen and oxygen atoms in total. The van der Waals surface area contributed by atoms with Gasteiger partial charge in [-0.05, 0) is 50.6 Å². The van der Waals surface area contributed by atoms with Crippen LogP contribution in [0.1, 0.15) is 37.7 Å². The van der Waals surface area contributed by atoms with Crippen LogP contribution in [0.3, 0.4) is 0 Å². The van der Waals surface area contributed by atoms with Crippen LogP contribution < -0.4 is 0 Å². The summed E-state index contributed by atoms with van der Waals surface area (Å²) in [6, 6.07) is 11.2. The van der Waals surface area contributed by atoms with Gasteiger partial charge in [-0.25, -0.2) is 0 Å². The highest BCUT2D eigenvalue weighted by molar-refractivity contribution is 5.78. The van der Waals surface area contributed by atoms with Crippen LogP contribution in [0.15, 0.2) is 30.3 Å². The molecule has 1 atom stereocenters. The second-order valence-electron chi connectivity index (χ2n) is 6.40. The smallest absolute Gasteiger partial charge is 0.236 e. The van der Waals surface area contributed by atoms with Gasteiger partial charge in [-0.15, -0.1) is 0 Å². The lowest BCUT2D eigenvalue weighted by molar-refractivity contribution is -0.133. The Bertz CT molecular complexity index is 454. The van der Waals surface area contributed by atoms with Crippen LogP contribution in [0.2, 0.25) is 0 Å². The maximum atomic E-state index is 12.4. The van der Waals surface area contributed by atoms with E-state index in [1.165, 1.54) is 37.7 Å². The number of piperidine rings is 1. The molecule has 1 aromatic carbocycles. The monoisotopic (exact) mass is 286 g/mol. The van der Waals surface area contributed by atoms with Crippen molar-refractivity contribution in [3.05, 3.63) is 35.9 Å². The van der Waals surface area contributed by atoms with E-state index >= 15 is 0 Å². The zero-order chi connectivity index (χ0) is 14.5. The van der Waals surface area contributed by atoms with E-state index in [0.29, 0.717) is 18.5 Å². The molecule has 0 N–H and O–H groups in total. The summed E-state index contributed by atoms with van der Waals surface area (Å²) < 4.78 is 0. The van der Waals surface area contributed by atoms with E-state index in [9.17, 15) is 4.79 Å². The summed E-state index contributed by atoms with van der Waals surface area (Å²) in [7, 11) is 0. The molecular weight excluding hydrogens is 260 g/mol. The summed E-state index contributed by atoms with van der Waals surface area (Å²) in [5, 5.41) is 0. The third-order valence-electron chi connectivity index (χ3n) is 4.86. The minimum absolute atomic E-state index is 0.342. The van der Waals surface area contributed by atoms with Gasteiger partial charge in [0.05, 0.1) is 6.54 Å². The Morgan fingerprint density at radius 3 is 2.52 bits per heavy atom. The topological polar surface area (TPSA) is 23.6 Å². The summed E-state index contributed by atoms with van der Waals surface area (Å²) >= 11 is 0. The fourth-order valence-corrected chi connectivity index (χ4v) is 3.64. The molecule has 21 heavy (non-hydrogen) atoms. The molecule has 2 fully saturated rings. The molecule has 0 aliphatic carbocycles. The van der Waals surface area contributed by atoms with Crippen molar-refractivity contribution in [3.63, 3.8) is 0 Å². The second-order valence-corrected chi connectivity index (χ2v) is 6.40. The number of likely N-dealkylation sites (tertiary alicyclic amines) is 2. The fraction of sp³-hybridized carbons (Fsp3) is 0.611. The van der Waals surface area contributed by atoms with Gasteiger partial charge in [-0.2, -0.15) is 0 Å². The lowest BCUT2D eigenvalue weighted by Crippen LogP contribution is -2.44. The molecule has 1 aromatic rings. The predicted molar refractivity (Wildman–Crippen MR) is 85.2 cm³/mol. The van der Waals surface area contributed by atoms with E-state index in [1.54, 1.807) is 0 Å². The Balaban J connectivity index is 1.55. The molecule has 0 bridgehead atoms.